The second-order valence-electron chi connectivity index (χ2n) is 3.29. The maximum atomic E-state index is 10.6. The summed E-state index contributed by atoms with van der Waals surface area (Å²) in [5.41, 5.74) is 1.49. The molecular formula is C11H15NO3. The molecule has 0 amide bonds. The number of ether oxygens (including phenoxy) is 2. The smallest absolute Gasteiger partial charge is 0.188 e. The molecule has 0 aliphatic carbocycles. The molecule has 0 bridgehead atoms. The highest BCUT2D eigenvalue weighted by Crippen LogP contribution is 2.27. The summed E-state index contributed by atoms with van der Waals surface area (Å²) in [7, 11) is 5.35. The number of anilines is 1. The van der Waals surface area contributed by atoms with Gasteiger partial charge in [-0.05, 0) is 18.2 Å². The number of nitrogens with zero attached hydrogens (tertiary/aromatic N) is 1. The molecule has 0 saturated heterocycles. The van der Waals surface area contributed by atoms with E-state index in [4.69, 9.17) is 9.47 Å². The van der Waals surface area contributed by atoms with Crippen molar-refractivity contribution in [1.29, 1.82) is 0 Å². The lowest BCUT2D eigenvalue weighted by Gasteiger charge is -2.17. The van der Waals surface area contributed by atoms with Crippen LogP contribution in [0.15, 0.2) is 18.2 Å². The van der Waals surface area contributed by atoms with Crippen LogP contribution >= 0.6 is 0 Å². The highest BCUT2D eigenvalue weighted by Gasteiger charge is 2.06. The molecule has 0 atom stereocenters. The van der Waals surface area contributed by atoms with E-state index in [1.807, 2.05) is 19.0 Å². The number of carbonyl (C=O) groups excluding carboxylic acids is 1. The van der Waals surface area contributed by atoms with E-state index in [-0.39, 0.29) is 6.79 Å². The number of aldehydes is 1. The number of benzene rings is 1. The lowest BCUT2D eigenvalue weighted by molar-refractivity contribution is 0.0515. The molecule has 1 aromatic rings. The predicted molar refractivity (Wildman–Crippen MR) is 58.7 cm³/mol. The Balaban J connectivity index is 2.98. The van der Waals surface area contributed by atoms with Crippen LogP contribution in [0.3, 0.4) is 0 Å². The summed E-state index contributed by atoms with van der Waals surface area (Å²) in [6.07, 6.45) is 0.813. The minimum absolute atomic E-state index is 0.196. The summed E-state index contributed by atoms with van der Waals surface area (Å²) < 4.78 is 10.2. The van der Waals surface area contributed by atoms with Gasteiger partial charge in [0.15, 0.2) is 6.79 Å². The van der Waals surface area contributed by atoms with Gasteiger partial charge in [-0.1, -0.05) is 0 Å². The van der Waals surface area contributed by atoms with Crippen molar-refractivity contribution in [3.05, 3.63) is 23.8 Å². The van der Waals surface area contributed by atoms with E-state index in [9.17, 15) is 4.79 Å². The Labute approximate surface area is 89.4 Å². The Morgan fingerprint density at radius 1 is 1.40 bits per heavy atom. The third kappa shape index (κ3) is 2.95. The Morgan fingerprint density at radius 3 is 2.67 bits per heavy atom. The van der Waals surface area contributed by atoms with Crippen LogP contribution < -0.4 is 9.64 Å². The SMILES string of the molecule is COCOc1ccc(C=O)cc1N(C)C. The minimum atomic E-state index is 0.196. The van der Waals surface area contributed by atoms with E-state index in [1.54, 1.807) is 25.3 Å². The van der Waals surface area contributed by atoms with E-state index < -0.39 is 0 Å². The molecule has 15 heavy (non-hydrogen) atoms. The van der Waals surface area contributed by atoms with E-state index in [0.717, 1.165) is 12.0 Å². The zero-order chi connectivity index (χ0) is 11.3. The van der Waals surface area contributed by atoms with Gasteiger partial charge in [-0.15, -0.1) is 0 Å². The molecule has 0 N–H and O–H groups in total. The van der Waals surface area contributed by atoms with Gasteiger partial charge in [-0.25, -0.2) is 0 Å². The molecule has 82 valence electrons. The molecule has 0 aromatic heterocycles. The fraction of sp³-hybridized carbons (Fsp3) is 0.364. The first-order valence-corrected chi connectivity index (χ1v) is 4.57. The summed E-state index contributed by atoms with van der Waals surface area (Å²) in [5.74, 6) is 0.701. The molecule has 0 unspecified atom stereocenters. The number of rotatable bonds is 5. The zero-order valence-electron chi connectivity index (χ0n) is 9.19. The van der Waals surface area contributed by atoms with Crippen LogP contribution in [0.5, 0.6) is 5.75 Å². The largest absolute Gasteiger partial charge is 0.465 e. The van der Waals surface area contributed by atoms with Gasteiger partial charge < -0.3 is 14.4 Å². The summed E-state index contributed by atoms with van der Waals surface area (Å²) >= 11 is 0. The first-order valence-electron chi connectivity index (χ1n) is 4.57. The summed E-state index contributed by atoms with van der Waals surface area (Å²) in [5, 5.41) is 0. The van der Waals surface area contributed by atoms with E-state index >= 15 is 0 Å². The van der Waals surface area contributed by atoms with Crippen molar-refractivity contribution >= 4 is 12.0 Å². The molecule has 0 spiro atoms. The first-order chi connectivity index (χ1) is 7.19. The van der Waals surface area contributed by atoms with Crippen molar-refractivity contribution in [3.63, 3.8) is 0 Å². The van der Waals surface area contributed by atoms with Crippen molar-refractivity contribution in [2.45, 2.75) is 0 Å². The molecule has 0 heterocycles. The summed E-state index contributed by atoms with van der Waals surface area (Å²) in [6.45, 7) is 0.196. The third-order valence-electron chi connectivity index (χ3n) is 1.93. The molecule has 0 radical (unpaired) electrons. The van der Waals surface area contributed by atoms with Crippen LogP contribution in [-0.4, -0.2) is 34.3 Å². The van der Waals surface area contributed by atoms with Gasteiger partial charge in [0.2, 0.25) is 0 Å². The van der Waals surface area contributed by atoms with Gasteiger partial charge in [0.05, 0.1) is 5.69 Å². The van der Waals surface area contributed by atoms with Crippen molar-refractivity contribution in [2.75, 3.05) is 32.9 Å². The molecule has 0 fully saturated rings. The highest BCUT2D eigenvalue weighted by atomic mass is 16.7. The number of hydrogen-bond acceptors (Lipinski definition) is 4. The number of methoxy groups -OCH3 is 1. The first kappa shape index (κ1) is 11.5. The van der Waals surface area contributed by atoms with E-state index in [2.05, 4.69) is 0 Å². The topological polar surface area (TPSA) is 38.8 Å². The monoisotopic (exact) mass is 209 g/mol. The van der Waals surface area contributed by atoms with Gasteiger partial charge in [-0.3, -0.25) is 4.79 Å². The van der Waals surface area contributed by atoms with Crippen LogP contribution in [0.25, 0.3) is 0 Å². The normalized spacial score (nSPS) is 9.80. The van der Waals surface area contributed by atoms with Crippen LogP contribution in [-0.2, 0) is 4.74 Å². The van der Waals surface area contributed by atoms with E-state index in [1.165, 1.54) is 0 Å². The van der Waals surface area contributed by atoms with Crippen LogP contribution in [0.1, 0.15) is 10.4 Å². The third-order valence-corrected chi connectivity index (χ3v) is 1.93. The molecule has 0 aliphatic heterocycles. The Kier molecular flexibility index (Phi) is 4.12. The lowest BCUT2D eigenvalue weighted by atomic mass is 10.2. The van der Waals surface area contributed by atoms with Crippen molar-refractivity contribution < 1.29 is 14.3 Å². The molecular weight excluding hydrogens is 194 g/mol. The van der Waals surface area contributed by atoms with Crippen LogP contribution in [0.2, 0.25) is 0 Å². The average Bonchev–Trinajstić information content (AvgIpc) is 2.26. The van der Waals surface area contributed by atoms with Crippen molar-refractivity contribution in [3.8, 4) is 5.75 Å². The second kappa shape index (κ2) is 5.36. The maximum absolute atomic E-state index is 10.6. The van der Waals surface area contributed by atoms with Gasteiger partial charge in [0, 0.05) is 26.8 Å². The highest BCUT2D eigenvalue weighted by molar-refractivity contribution is 5.78. The maximum Gasteiger partial charge on any atom is 0.188 e. The second-order valence-corrected chi connectivity index (χ2v) is 3.29. The zero-order valence-corrected chi connectivity index (χ0v) is 9.19. The Bertz CT molecular complexity index is 337. The quantitative estimate of drug-likeness (QED) is 0.544. The van der Waals surface area contributed by atoms with Crippen LogP contribution in [0, 0.1) is 0 Å². The number of hydrogen-bond donors (Lipinski definition) is 0. The fourth-order valence-corrected chi connectivity index (χ4v) is 1.20. The Morgan fingerprint density at radius 2 is 2.13 bits per heavy atom. The molecule has 4 nitrogen and oxygen atoms in total. The van der Waals surface area contributed by atoms with Crippen molar-refractivity contribution in [1.82, 2.24) is 0 Å². The predicted octanol–water partition coefficient (Wildman–Crippen LogP) is 1.55. The summed E-state index contributed by atoms with van der Waals surface area (Å²) in [6, 6.07) is 5.25. The molecule has 0 aliphatic rings. The van der Waals surface area contributed by atoms with Crippen molar-refractivity contribution in [2.24, 2.45) is 0 Å². The van der Waals surface area contributed by atoms with E-state index in [0.29, 0.717) is 11.3 Å². The standard InChI is InChI=1S/C11H15NO3/c1-12(2)10-6-9(7-13)4-5-11(10)15-8-14-3/h4-7H,8H2,1-3H3. The minimum Gasteiger partial charge on any atom is -0.465 e. The molecule has 4 heteroatoms. The van der Waals surface area contributed by atoms with Gasteiger partial charge >= 0.3 is 0 Å². The van der Waals surface area contributed by atoms with Gasteiger partial charge in [0.1, 0.15) is 12.0 Å². The lowest BCUT2D eigenvalue weighted by Crippen LogP contribution is -2.12. The van der Waals surface area contributed by atoms with Gasteiger partial charge in [0.25, 0.3) is 0 Å². The van der Waals surface area contributed by atoms with Crippen LogP contribution in [0.4, 0.5) is 5.69 Å². The Hall–Kier alpha value is -1.55. The summed E-state index contributed by atoms with van der Waals surface area (Å²) in [4.78, 5) is 12.5. The molecule has 0 saturated carbocycles. The molecule has 1 aromatic carbocycles. The number of carbonyl (C=O) groups is 1. The fourth-order valence-electron chi connectivity index (χ4n) is 1.20. The molecule has 1 rings (SSSR count). The van der Waals surface area contributed by atoms with Gasteiger partial charge in [-0.2, -0.15) is 0 Å². The average molecular weight is 209 g/mol.